The third-order valence-corrected chi connectivity index (χ3v) is 4.07. The van der Waals surface area contributed by atoms with E-state index in [2.05, 4.69) is 34.6 Å². The maximum absolute atomic E-state index is 10.0. The maximum atomic E-state index is 10.0. The van der Waals surface area contributed by atoms with Gasteiger partial charge in [0.25, 0.3) is 0 Å². The molecule has 0 aliphatic heterocycles. The van der Waals surface area contributed by atoms with Gasteiger partial charge < -0.3 is 14.6 Å². The molecule has 0 aliphatic rings. The first-order valence-corrected chi connectivity index (χ1v) is 9.15. The Balaban J connectivity index is 3.72. The lowest BCUT2D eigenvalue weighted by molar-refractivity contribution is -0.0241. The molecule has 0 spiro atoms. The molecule has 3 unspecified atom stereocenters. The Labute approximate surface area is 138 Å². The third kappa shape index (κ3) is 13.5. The number of hydrogen-bond acceptors (Lipinski definition) is 3. The van der Waals surface area contributed by atoms with Gasteiger partial charge in [-0.1, -0.05) is 53.9 Å². The average molecular weight is 317 g/mol. The van der Waals surface area contributed by atoms with E-state index < -0.39 is 6.10 Å². The van der Waals surface area contributed by atoms with E-state index in [1.807, 2.05) is 6.92 Å². The Kier molecular flexibility index (Phi) is 12.3. The Bertz CT molecular complexity index is 248. The van der Waals surface area contributed by atoms with Gasteiger partial charge in [0.1, 0.15) is 0 Å². The molecule has 0 aromatic heterocycles. The lowest BCUT2D eigenvalue weighted by Crippen LogP contribution is -2.25. The van der Waals surface area contributed by atoms with Crippen LogP contribution >= 0.6 is 0 Å². The summed E-state index contributed by atoms with van der Waals surface area (Å²) in [5.41, 5.74) is 0.301. The molecule has 3 nitrogen and oxygen atoms in total. The monoisotopic (exact) mass is 316 g/mol. The summed E-state index contributed by atoms with van der Waals surface area (Å²) in [5.74, 6) is 0.632. The summed E-state index contributed by atoms with van der Waals surface area (Å²) in [6.45, 7) is 15.1. The highest BCUT2D eigenvalue weighted by molar-refractivity contribution is 4.64. The first-order chi connectivity index (χ1) is 10.3. The Hall–Kier alpha value is -0.120. The molecule has 0 saturated heterocycles. The first-order valence-electron chi connectivity index (χ1n) is 9.15. The van der Waals surface area contributed by atoms with Gasteiger partial charge in [-0.3, -0.25) is 0 Å². The number of aliphatic hydroxyl groups excluding tert-OH is 1. The van der Waals surface area contributed by atoms with E-state index in [9.17, 15) is 5.11 Å². The van der Waals surface area contributed by atoms with Gasteiger partial charge in [-0.25, -0.2) is 0 Å². The van der Waals surface area contributed by atoms with Crippen LogP contribution in [0.4, 0.5) is 0 Å². The smallest absolute Gasteiger partial charge is 0.0798 e. The number of unbranched alkanes of at least 4 members (excludes halogenated alkanes) is 1. The second-order valence-corrected chi connectivity index (χ2v) is 7.84. The molecule has 0 fully saturated rings. The van der Waals surface area contributed by atoms with Crippen molar-refractivity contribution in [2.45, 2.75) is 92.3 Å². The van der Waals surface area contributed by atoms with Crippen LogP contribution in [0.3, 0.4) is 0 Å². The summed E-state index contributed by atoms with van der Waals surface area (Å²) in [7, 11) is 0. The Morgan fingerprint density at radius 2 is 1.77 bits per heavy atom. The highest BCUT2D eigenvalue weighted by atomic mass is 16.5. The SMILES string of the molecule is CCCCC(CC)COCC(O)CC(C)OCCC(C)(C)C. The van der Waals surface area contributed by atoms with Crippen molar-refractivity contribution in [2.75, 3.05) is 19.8 Å². The molecule has 0 aromatic carbocycles. The molecule has 0 rings (SSSR count). The van der Waals surface area contributed by atoms with Crippen molar-refractivity contribution in [3.63, 3.8) is 0 Å². The maximum Gasteiger partial charge on any atom is 0.0798 e. The largest absolute Gasteiger partial charge is 0.391 e. The van der Waals surface area contributed by atoms with Gasteiger partial charge in [-0.15, -0.1) is 0 Å². The van der Waals surface area contributed by atoms with Gasteiger partial charge in [0.05, 0.1) is 18.8 Å². The molecule has 0 heterocycles. The fraction of sp³-hybridized carbons (Fsp3) is 1.00. The topological polar surface area (TPSA) is 38.7 Å². The van der Waals surface area contributed by atoms with Crippen molar-refractivity contribution in [3.05, 3.63) is 0 Å². The zero-order valence-electron chi connectivity index (χ0n) is 15.9. The van der Waals surface area contributed by atoms with E-state index in [0.29, 0.717) is 24.4 Å². The second-order valence-electron chi connectivity index (χ2n) is 7.84. The van der Waals surface area contributed by atoms with Crippen LogP contribution in [0.2, 0.25) is 0 Å². The normalized spacial score (nSPS) is 16.5. The van der Waals surface area contributed by atoms with Gasteiger partial charge in [-0.05, 0) is 31.1 Å². The van der Waals surface area contributed by atoms with E-state index in [1.165, 1.54) is 19.3 Å². The van der Waals surface area contributed by atoms with Crippen molar-refractivity contribution in [3.8, 4) is 0 Å². The molecule has 0 bridgehead atoms. The second kappa shape index (κ2) is 12.3. The fourth-order valence-electron chi connectivity index (χ4n) is 2.35. The summed E-state index contributed by atoms with van der Waals surface area (Å²) in [6, 6.07) is 0. The predicted molar refractivity (Wildman–Crippen MR) is 94.2 cm³/mol. The van der Waals surface area contributed by atoms with Crippen LogP contribution in [0.1, 0.15) is 80.1 Å². The predicted octanol–water partition coefficient (Wildman–Crippen LogP) is 4.81. The number of hydrogen-bond donors (Lipinski definition) is 1. The number of rotatable bonds is 13. The fourth-order valence-corrected chi connectivity index (χ4v) is 2.35. The highest BCUT2D eigenvalue weighted by Crippen LogP contribution is 2.19. The van der Waals surface area contributed by atoms with Crippen molar-refractivity contribution < 1.29 is 14.6 Å². The molecule has 0 amide bonds. The third-order valence-electron chi connectivity index (χ3n) is 4.07. The molecule has 3 atom stereocenters. The van der Waals surface area contributed by atoms with E-state index in [0.717, 1.165) is 26.1 Å². The zero-order chi connectivity index (χ0) is 17.0. The van der Waals surface area contributed by atoms with Crippen LogP contribution in [0.25, 0.3) is 0 Å². The minimum absolute atomic E-state index is 0.0861. The molecule has 22 heavy (non-hydrogen) atoms. The van der Waals surface area contributed by atoms with Crippen molar-refractivity contribution in [1.82, 2.24) is 0 Å². The van der Waals surface area contributed by atoms with Crippen LogP contribution < -0.4 is 0 Å². The van der Waals surface area contributed by atoms with E-state index >= 15 is 0 Å². The van der Waals surface area contributed by atoms with Crippen LogP contribution in [0.15, 0.2) is 0 Å². The quantitative estimate of drug-likeness (QED) is 0.530. The van der Waals surface area contributed by atoms with Gasteiger partial charge in [-0.2, -0.15) is 0 Å². The van der Waals surface area contributed by atoms with Crippen LogP contribution in [0, 0.1) is 11.3 Å². The summed E-state index contributed by atoms with van der Waals surface area (Å²) in [6.07, 6.45) is 6.25. The lowest BCUT2D eigenvalue weighted by Gasteiger charge is -2.22. The van der Waals surface area contributed by atoms with Gasteiger partial charge in [0.2, 0.25) is 0 Å². The van der Waals surface area contributed by atoms with Gasteiger partial charge in [0, 0.05) is 19.6 Å². The zero-order valence-corrected chi connectivity index (χ0v) is 15.9. The van der Waals surface area contributed by atoms with Crippen molar-refractivity contribution in [2.24, 2.45) is 11.3 Å². The summed E-state index contributed by atoms with van der Waals surface area (Å²) >= 11 is 0. The van der Waals surface area contributed by atoms with Crippen LogP contribution in [-0.4, -0.2) is 37.1 Å². The molecule has 0 radical (unpaired) electrons. The lowest BCUT2D eigenvalue weighted by atomic mass is 9.93. The van der Waals surface area contributed by atoms with Crippen molar-refractivity contribution >= 4 is 0 Å². The van der Waals surface area contributed by atoms with E-state index in [4.69, 9.17) is 9.47 Å². The Morgan fingerprint density at radius 1 is 1.09 bits per heavy atom. The molecule has 0 saturated carbocycles. The van der Waals surface area contributed by atoms with Crippen LogP contribution in [0.5, 0.6) is 0 Å². The number of aliphatic hydroxyl groups is 1. The summed E-state index contributed by atoms with van der Waals surface area (Å²) in [5, 5.41) is 10.0. The molecule has 1 N–H and O–H groups in total. The molecule has 0 aromatic rings. The van der Waals surface area contributed by atoms with E-state index in [-0.39, 0.29) is 6.10 Å². The first kappa shape index (κ1) is 21.9. The van der Waals surface area contributed by atoms with Gasteiger partial charge >= 0.3 is 0 Å². The van der Waals surface area contributed by atoms with Crippen LogP contribution in [-0.2, 0) is 9.47 Å². The highest BCUT2D eigenvalue weighted by Gasteiger charge is 2.15. The molecule has 3 heteroatoms. The Morgan fingerprint density at radius 3 is 2.32 bits per heavy atom. The average Bonchev–Trinajstić information content (AvgIpc) is 2.41. The number of ether oxygens (including phenoxy) is 2. The van der Waals surface area contributed by atoms with Gasteiger partial charge in [0.15, 0.2) is 0 Å². The van der Waals surface area contributed by atoms with E-state index in [1.54, 1.807) is 0 Å². The minimum atomic E-state index is -0.423. The molecule has 0 aliphatic carbocycles. The summed E-state index contributed by atoms with van der Waals surface area (Å²) < 4.78 is 11.5. The molecular weight excluding hydrogens is 276 g/mol. The minimum Gasteiger partial charge on any atom is -0.391 e. The van der Waals surface area contributed by atoms with Crippen molar-refractivity contribution in [1.29, 1.82) is 0 Å². The molecule has 134 valence electrons. The molecular formula is C19H40O3. The summed E-state index contributed by atoms with van der Waals surface area (Å²) in [4.78, 5) is 0. The standard InChI is InChI=1S/C19H40O3/c1-7-9-10-17(8-2)14-21-15-18(20)13-16(3)22-12-11-19(4,5)6/h16-18,20H,7-15H2,1-6H3.